The first-order valence-corrected chi connectivity index (χ1v) is 5.82. The maximum atomic E-state index is 8.86. The van der Waals surface area contributed by atoms with Gasteiger partial charge in [0.15, 0.2) is 0 Å². The van der Waals surface area contributed by atoms with Crippen LogP contribution in [0.1, 0.15) is 11.5 Å². The predicted molar refractivity (Wildman–Crippen MR) is 68.4 cm³/mol. The predicted octanol–water partition coefficient (Wildman–Crippen LogP) is 3.69. The summed E-state index contributed by atoms with van der Waals surface area (Å²) in [6.07, 6.45) is 0. The molecule has 0 spiro atoms. The Morgan fingerprint density at radius 2 is 1.88 bits per heavy atom. The van der Waals surface area contributed by atoms with Gasteiger partial charge in [0.05, 0.1) is 22.3 Å². The van der Waals surface area contributed by atoms with Gasteiger partial charge in [0.1, 0.15) is 18.1 Å². The molecule has 0 aliphatic carbocycles. The molecule has 0 saturated heterocycles. The second-order valence-corrected chi connectivity index (χ2v) is 4.27. The molecule has 17 heavy (non-hydrogen) atoms. The average Bonchev–Trinajstić information content (AvgIpc) is 2.79. The van der Waals surface area contributed by atoms with Gasteiger partial charge in [0, 0.05) is 0 Å². The number of anilines is 1. The molecule has 0 atom stereocenters. The summed E-state index contributed by atoms with van der Waals surface area (Å²) in [5, 5.41) is 13.0. The maximum Gasteiger partial charge on any atom is 0.129 e. The molecule has 90 valence electrons. The number of rotatable bonds is 4. The molecule has 2 N–H and O–H groups in total. The molecule has 2 rings (SSSR count). The zero-order valence-electron chi connectivity index (χ0n) is 8.91. The monoisotopic (exact) mass is 271 g/mol. The molecule has 0 amide bonds. The molecule has 2 aromatic rings. The Morgan fingerprint density at radius 1 is 1.12 bits per heavy atom. The lowest BCUT2D eigenvalue weighted by Gasteiger charge is -2.07. The van der Waals surface area contributed by atoms with Crippen LogP contribution in [0.15, 0.2) is 34.7 Å². The lowest BCUT2D eigenvalue weighted by molar-refractivity contribution is 0.244. The normalized spacial score (nSPS) is 10.5. The van der Waals surface area contributed by atoms with E-state index in [1.165, 1.54) is 0 Å². The smallest absolute Gasteiger partial charge is 0.129 e. The fraction of sp³-hybridized carbons (Fsp3) is 0.167. The van der Waals surface area contributed by atoms with Crippen molar-refractivity contribution in [1.82, 2.24) is 0 Å². The van der Waals surface area contributed by atoms with Crippen molar-refractivity contribution in [2.75, 3.05) is 5.32 Å². The molecular weight excluding hydrogens is 261 g/mol. The van der Waals surface area contributed by atoms with Gasteiger partial charge in [-0.15, -0.1) is 0 Å². The summed E-state index contributed by atoms with van der Waals surface area (Å²) in [7, 11) is 0. The van der Waals surface area contributed by atoms with E-state index >= 15 is 0 Å². The van der Waals surface area contributed by atoms with Crippen LogP contribution in [0.25, 0.3) is 0 Å². The Morgan fingerprint density at radius 3 is 2.59 bits per heavy atom. The van der Waals surface area contributed by atoms with Crippen LogP contribution in [0.2, 0.25) is 10.0 Å². The first-order chi connectivity index (χ1) is 8.20. The van der Waals surface area contributed by atoms with Gasteiger partial charge >= 0.3 is 0 Å². The summed E-state index contributed by atoms with van der Waals surface area (Å²) < 4.78 is 5.34. The van der Waals surface area contributed by atoms with Gasteiger partial charge in [-0.1, -0.05) is 29.3 Å². The number of aliphatic hydroxyl groups excluding tert-OH is 1. The minimum Gasteiger partial charge on any atom is -0.462 e. The van der Waals surface area contributed by atoms with E-state index in [0.29, 0.717) is 22.4 Å². The van der Waals surface area contributed by atoms with E-state index in [4.69, 9.17) is 32.7 Å². The van der Waals surface area contributed by atoms with Gasteiger partial charge in [-0.25, -0.2) is 0 Å². The molecule has 3 nitrogen and oxygen atoms in total. The van der Waals surface area contributed by atoms with Crippen LogP contribution in [-0.4, -0.2) is 5.11 Å². The van der Waals surface area contributed by atoms with Crippen LogP contribution in [0, 0.1) is 0 Å². The van der Waals surface area contributed by atoms with Gasteiger partial charge in [0.25, 0.3) is 0 Å². The minimum absolute atomic E-state index is 0.0993. The molecule has 0 unspecified atom stereocenters. The van der Waals surface area contributed by atoms with Crippen molar-refractivity contribution < 1.29 is 9.52 Å². The Balaban J connectivity index is 2.04. The number of hydrogen-bond donors (Lipinski definition) is 2. The second kappa shape index (κ2) is 5.45. The Hall–Kier alpha value is -1.16. The second-order valence-electron chi connectivity index (χ2n) is 3.48. The summed E-state index contributed by atoms with van der Waals surface area (Å²) in [6.45, 7) is 0.387. The van der Waals surface area contributed by atoms with Crippen LogP contribution >= 0.6 is 23.2 Å². The van der Waals surface area contributed by atoms with Gasteiger partial charge in [0.2, 0.25) is 0 Å². The molecule has 0 radical (unpaired) electrons. The van der Waals surface area contributed by atoms with E-state index < -0.39 is 0 Å². The highest BCUT2D eigenvalue weighted by Crippen LogP contribution is 2.29. The van der Waals surface area contributed by atoms with Crippen molar-refractivity contribution in [3.05, 3.63) is 51.9 Å². The third kappa shape index (κ3) is 2.94. The first-order valence-electron chi connectivity index (χ1n) is 5.07. The molecule has 1 aromatic heterocycles. The van der Waals surface area contributed by atoms with Crippen LogP contribution in [0.5, 0.6) is 0 Å². The molecule has 0 fully saturated rings. The first kappa shape index (κ1) is 12.3. The molecule has 0 aliphatic rings. The summed E-state index contributed by atoms with van der Waals surface area (Å²) in [5.41, 5.74) is 0.751. The van der Waals surface area contributed by atoms with Crippen molar-refractivity contribution >= 4 is 28.9 Å². The number of hydrogen-bond acceptors (Lipinski definition) is 3. The van der Waals surface area contributed by atoms with Crippen molar-refractivity contribution in [3.8, 4) is 0 Å². The zero-order chi connectivity index (χ0) is 12.3. The van der Waals surface area contributed by atoms with Crippen LogP contribution < -0.4 is 5.32 Å². The molecule has 1 heterocycles. The Kier molecular flexibility index (Phi) is 3.94. The Bertz CT molecular complexity index is 511. The third-order valence-corrected chi connectivity index (χ3v) is 3.10. The fourth-order valence-electron chi connectivity index (χ4n) is 1.42. The number of aliphatic hydroxyl groups is 1. The van der Waals surface area contributed by atoms with Crippen molar-refractivity contribution in [3.63, 3.8) is 0 Å². The lowest BCUT2D eigenvalue weighted by atomic mass is 10.3. The van der Waals surface area contributed by atoms with E-state index in [2.05, 4.69) is 5.32 Å². The summed E-state index contributed by atoms with van der Waals surface area (Å²) in [4.78, 5) is 0. The fourth-order valence-corrected chi connectivity index (χ4v) is 1.79. The number of halogens is 2. The van der Waals surface area contributed by atoms with Crippen molar-refractivity contribution in [2.45, 2.75) is 13.2 Å². The Labute approximate surface area is 109 Å². The van der Waals surface area contributed by atoms with Gasteiger partial charge in [-0.05, 0) is 24.3 Å². The number of furan rings is 1. The van der Waals surface area contributed by atoms with Gasteiger partial charge in [-0.3, -0.25) is 0 Å². The molecule has 0 aliphatic heterocycles. The standard InChI is InChI=1S/C12H11Cl2NO2/c13-10-2-1-3-11(12(10)14)15-6-8-4-5-9(7-16)17-8/h1-5,15-16H,6-7H2. The zero-order valence-corrected chi connectivity index (χ0v) is 10.4. The van der Waals surface area contributed by atoms with Gasteiger partial charge in [-0.2, -0.15) is 0 Å². The van der Waals surface area contributed by atoms with Crippen molar-refractivity contribution in [2.24, 2.45) is 0 Å². The largest absolute Gasteiger partial charge is 0.462 e. The van der Waals surface area contributed by atoms with Crippen molar-refractivity contribution in [1.29, 1.82) is 0 Å². The molecular formula is C12H11Cl2NO2. The summed E-state index contributed by atoms with van der Waals surface area (Å²) in [5.74, 6) is 1.27. The number of benzene rings is 1. The molecule has 1 aromatic carbocycles. The van der Waals surface area contributed by atoms with Gasteiger partial charge < -0.3 is 14.8 Å². The summed E-state index contributed by atoms with van der Waals surface area (Å²) in [6, 6.07) is 8.92. The highest BCUT2D eigenvalue weighted by atomic mass is 35.5. The molecule has 0 bridgehead atoms. The highest BCUT2D eigenvalue weighted by Gasteiger charge is 2.05. The highest BCUT2D eigenvalue weighted by molar-refractivity contribution is 6.43. The number of nitrogens with one attached hydrogen (secondary N) is 1. The minimum atomic E-state index is -0.0993. The topological polar surface area (TPSA) is 45.4 Å². The maximum absolute atomic E-state index is 8.86. The van der Waals surface area contributed by atoms with E-state index in [9.17, 15) is 0 Å². The van der Waals surface area contributed by atoms with E-state index in [-0.39, 0.29) is 6.61 Å². The van der Waals surface area contributed by atoms with E-state index in [0.717, 1.165) is 11.4 Å². The van der Waals surface area contributed by atoms with E-state index in [1.807, 2.05) is 12.1 Å². The third-order valence-electron chi connectivity index (χ3n) is 2.28. The quantitative estimate of drug-likeness (QED) is 0.892. The average molecular weight is 272 g/mol. The van der Waals surface area contributed by atoms with E-state index in [1.54, 1.807) is 18.2 Å². The molecule has 0 saturated carbocycles. The van der Waals surface area contributed by atoms with Crippen LogP contribution in [0.3, 0.4) is 0 Å². The lowest BCUT2D eigenvalue weighted by Crippen LogP contribution is -1.98. The van der Waals surface area contributed by atoms with Crippen LogP contribution in [-0.2, 0) is 13.2 Å². The SMILES string of the molecule is OCc1ccc(CNc2cccc(Cl)c2Cl)o1. The summed E-state index contributed by atoms with van der Waals surface area (Å²) >= 11 is 11.9. The molecule has 5 heteroatoms. The van der Waals surface area contributed by atoms with Crippen LogP contribution in [0.4, 0.5) is 5.69 Å².